The van der Waals surface area contributed by atoms with Crippen LogP contribution >= 0.6 is 15.9 Å². The van der Waals surface area contributed by atoms with Gasteiger partial charge in [0.25, 0.3) is 0 Å². The van der Waals surface area contributed by atoms with Crippen molar-refractivity contribution in [2.75, 3.05) is 24.5 Å². The summed E-state index contributed by atoms with van der Waals surface area (Å²) in [6.45, 7) is 10.3. The molecule has 1 heterocycles. The molecule has 2 atom stereocenters. The summed E-state index contributed by atoms with van der Waals surface area (Å²) in [7, 11) is 0. The van der Waals surface area contributed by atoms with E-state index in [0.29, 0.717) is 6.04 Å². The molecule has 2 rings (SSSR count). The Kier molecular flexibility index (Phi) is 5.28. The van der Waals surface area contributed by atoms with Gasteiger partial charge in [-0.2, -0.15) is 0 Å². The molecule has 0 spiro atoms. The van der Waals surface area contributed by atoms with Crippen LogP contribution in [0.4, 0.5) is 5.69 Å². The summed E-state index contributed by atoms with van der Waals surface area (Å²) in [5, 5.41) is 3.60. The number of rotatable bonds is 5. The molecule has 2 unspecified atom stereocenters. The molecule has 2 nitrogen and oxygen atoms in total. The van der Waals surface area contributed by atoms with Gasteiger partial charge in [0.05, 0.1) is 0 Å². The Bertz CT molecular complexity index is 419. The molecule has 1 fully saturated rings. The number of nitrogens with zero attached hydrogens (tertiary/aromatic N) is 1. The first-order chi connectivity index (χ1) is 9.11. The zero-order valence-electron chi connectivity index (χ0n) is 12.2. The lowest BCUT2D eigenvalue weighted by Gasteiger charge is -2.25. The first-order valence-electron chi connectivity index (χ1n) is 7.39. The number of hydrogen-bond donors (Lipinski definition) is 1. The maximum absolute atomic E-state index is 3.61. The highest BCUT2D eigenvalue weighted by Gasteiger charge is 2.22. The van der Waals surface area contributed by atoms with E-state index in [0.717, 1.165) is 12.5 Å². The van der Waals surface area contributed by atoms with E-state index in [2.05, 4.69) is 65.1 Å². The average molecular weight is 325 g/mol. The van der Waals surface area contributed by atoms with E-state index in [1.54, 1.807) is 0 Å². The number of benzene rings is 1. The van der Waals surface area contributed by atoms with E-state index in [1.165, 1.54) is 41.7 Å². The maximum Gasteiger partial charge on any atom is 0.0415 e. The molecule has 0 radical (unpaired) electrons. The monoisotopic (exact) mass is 324 g/mol. The third kappa shape index (κ3) is 3.73. The van der Waals surface area contributed by atoms with Crippen molar-refractivity contribution >= 4 is 21.6 Å². The molecule has 1 aromatic carbocycles. The zero-order chi connectivity index (χ0) is 13.8. The Hall–Kier alpha value is -0.540. The Morgan fingerprint density at radius 3 is 2.89 bits per heavy atom. The van der Waals surface area contributed by atoms with Crippen molar-refractivity contribution in [1.82, 2.24) is 5.32 Å². The van der Waals surface area contributed by atoms with Gasteiger partial charge >= 0.3 is 0 Å². The lowest BCUT2D eigenvalue weighted by molar-refractivity contribution is 0.569. The number of halogens is 1. The van der Waals surface area contributed by atoms with Gasteiger partial charge in [0.15, 0.2) is 0 Å². The van der Waals surface area contributed by atoms with E-state index in [9.17, 15) is 0 Å². The zero-order valence-corrected chi connectivity index (χ0v) is 13.8. The first kappa shape index (κ1) is 14.9. The van der Waals surface area contributed by atoms with E-state index in [4.69, 9.17) is 0 Å². The highest BCUT2D eigenvalue weighted by molar-refractivity contribution is 9.10. The van der Waals surface area contributed by atoms with Crippen LogP contribution in [0.15, 0.2) is 22.7 Å². The molecule has 1 aromatic rings. The van der Waals surface area contributed by atoms with E-state index >= 15 is 0 Å². The third-order valence-corrected chi connectivity index (χ3v) is 4.41. The molecule has 0 aliphatic carbocycles. The lowest BCUT2D eigenvalue weighted by Crippen LogP contribution is -2.25. The second kappa shape index (κ2) is 6.76. The predicted octanol–water partition coefficient (Wildman–Crippen LogP) is 4.36. The molecule has 106 valence electrons. The van der Waals surface area contributed by atoms with Crippen molar-refractivity contribution in [3.05, 3.63) is 28.2 Å². The molecule has 0 bridgehead atoms. The molecule has 19 heavy (non-hydrogen) atoms. The highest BCUT2D eigenvalue weighted by atomic mass is 79.9. The molecular formula is C16H25BrN2. The maximum atomic E-state index is 3.61. The fourth-order valence-electron chi connectivity index (χ4n) is 2.78. The first-order valence-corrected chi connectivity index (χ1v) is 8.19. The molecule has 1 saturated heterocycles. The molecular weight excluding hydrogens is 300 g/mol. The van der Waals surface area contributed by atoms with Gasteiger partial charge in [-0.3, -0.25) is 0 Å². The summed E-state index contributed by atoms with van der Waals surface area (Å²) in [6, 6.07) is 7.10. The van der Waals surface area contributed by atoms with Gasteiger partial charge in [0.1, 0.15) is 0 Å². The van der Waals surface area contributed by atoms with Crippen LogP contribution in [-0.2, 0) is 0 Å². The Balaban J connectivity index is 2.22. The minimum atomic E-state index is 0.406. The summed E-state index contributed by atoms with van der Waals surface area (Å²) in [5.41, 5.74) is 2.82. The van der Waals surface area contributed by atoms with Crippen molar-refractivity contribution in [1.29, 1.82) is 0 Å². The van der Waals surface area contributed by atoms with Crippen LogP contribution in [0.5, 0.6) is 0 Å². The molecule has 0 saturated carbocycles. The average Bonchev–Trinajstić information content (AvgIpc) is 2.82. The highest BCUT2D eigenvalue weighted by Crippen LogP contribution is 2.32. The van der Waals surface area contributed by atoms with Crippen LogP contribution in [0.3, 0.4) is 0 Å². The quantitative estimate of drug-likeness (QED) is 0.865. The van der Waals surface area contributed by atoms with Gasteiger partial charge in [-0.1, -0.05) is 29.8 Å². The van der Waals surface area contributed by atoms with Crippen LogP contribution < -0.4 is 10.2 Å². The summed E-state index contributed by atoms with van der Waals surface area (Å²) >= 11 is 3.61. The van der Waals surface area contributed by atoms with Gasteiger partial charge in [-0.25, -0.2) is 0 Å². The SMILES string of the molecule is CCCNC(C)c1cc(Br)ccc1N1CCC(C)C1. The van der Waals surface area contributed by atoms with Gasteiger partial charge < -0.3 is 10.2 Å². The smallest absolute Gasteiger partial charge is 0.0415 e. The lowest BCUT2D eigenvalue weighted by atomic mass is 10.0. The van der Waals surface area contributed by atoms with Crippen LogP contribution in [0.2, 0.25) is 0 Å². The molecule has 1 aliphatic rings. The molecule has 0 amide bonds. The number of nitrogens with one attached hydrogen (secondary N) is 1. The second-order valence-corrected chi connectivity index (χ2v) is 6.63. The molecule has 3 heteroatoms. The van der Waals surface area contributed by atoms with Gasteiger partial charge in [0, 0.05) is 29.3 Å². The predicted molar refractivity (Wildman–Crippen MR) is 86.8 cm³/mol. The largest absolute Gasteiger partial charge is 0.371 e. The van der Waals surface area contributed by atoms with E-state index < -0.39 is 0 Å². The third-order valence-electron chi connectivity index (χ3n) is 3.92. The van der Waals surface area contributed by atoms with Crippen molar-refractivity contribution in [3.8, 4) is 0 Å². The van der Waals surface area contributed by atoms with E-state index in [-0.39, 0.29) is 0 Å². The summed E-state index contributed by atoms with van der Waals surface area (Å²) < 4.78 is 1.17. The van der Waals surface area contributed by atoms with E-state index in [1.807, 2.05) is 0 Å². The van der Waals surface area contributed by atoms with Crippen molar-refractivity contribution in [2.45, 2.75) is 39.7 Å². The Morgan fingerprint density at radius 2 is 2.26 bits per heavy atom. The number of anilines is 1. The van der Waals surface area contributed by atoms with Gasteiger partial charge in [-0.15, -0.1) is 0 Å². The minimum Gasteiger partial charge on any atom is -0.371 e. The van der Waals surface area contributed by atoms with Crippen molar-refractivity contribution in [3.63, 3.8) is 0 Å². The van der Waals surface area contributed by atoms with Crippen LogP contribution in [0.25, 0.3) is 0 Å². The van der Waals surface area contributed by atoms with Crippen molar-refractivity contribution in [2.24, 2.45) is 5.92 Å². The van der Waals surface area contributed by atoms with Gasteiger partial charge in [-0.05, 0) is 56.0 Å². The fraction of sp³-hybridized carbons (Fsp3) is 0.625. The second-order valence-electron chi connectivity index (χ2n) is 5.72. The summed E-state index contributed by atoms with van der Waals surface area (Å²) in [5.74, 6) is 0.815. The fourth-order valence-corrected chi connectivity index (χ4v) is 3.16. The van der Waals surface area contributed by atoms with Crippen molar-refractivity contribution < 1.29 is 0 Å². The van der Waals surface area contributed by atoms with Crippen LogP contribution in [0, 0.1) is 5.92 Å². The summed E-state index contributed by atoms with van der Waals surface area (Å²) in [4.78, 5) is 2.54. The standard InChI is InChI=1S/C16H25BrN2/c1-4-8-18-13(3)15-10-14(17)5-6-16(15)19-9-7-12(2)11-19/h5-6,10,12-13,18H,4,7-9,11H2,1-3H3. The van der Waals surface area contributed by atoms with Crippen LogP contribution in [0.1, 0.15) is 45.2 Å². The topological polar surface area (TPSA) is 15.3 Å². The summed E-state index contributed by atoms with van der Waals surface area (Å²) in [6.07, 6.45) is 2.49. The normalized spacial score (nSPS) is 20.8. The molecule has 1 aliphatic heterocycles. The molecule has 1 N–H and O–H groups in total. The Labute approximate surface area is 125 Å². The minimum absolute atomic E-state index is 0.406. The Morgan fingerprint density at radius 1 is 1.47 bits per heavy atom. The van der Waals surface area contributed by atoms with Gasteiger partial charge in [0.2, 0.25) is 0 Å². The number of hydrogen-bond acceptors (Lipinski definition) is 2. The van der Waals surface area contributed by atoms with Crippen LogP contribution in [-0.4, -0.2) is 19.6 Å². The molecule has 0 aromatic heterocycles.